The third kappa shape index (κ3) is 6.48. The summed E-state index contributed by atoms with van der Waals surface area (Å²) in [4.78, 5) is 33.3. The zero-order chi connectivity index (χ0) is 24.2. The minimum Gasteiger partial charge on any atom is -0.353 e. The number of hydrogen-bond donors (Lipinski definition) is 2. The maximum atomic E-state index is 13.2. The van der Waals surface area contributed by atoms with Gasteiger partial charge < -0.3 is 10.2 Å². The summed E-state index contributed by atoms with van der Waals surface area (Å²) in [5.41, 5.74) is 3.00. The molecular weight excluding hydrogens is 442 g/mol. The van der Waals surface area contributed by atoms with Crippen molar-refractivity contribution in [3.63, 3.8) is 0 Å². The summed E-state index contributed by atoms with van der Waals surface area (Å²) in [6, 6.07) is 0.279. The molecule has 0 radical (unpaired) electrons. The Kier molecular flexibility index (Phi) is 9.20. The van der Waals surface area contributed by atoms with Crippen LogP contribution in [-0.2, 0) is 24.3 Å². The van der Waals surface area contributed by atoms with Gasteiger partial charge in [0, 0.05) is 30.7 Å². The number of amides is 2. The smallest absolute Gasteiger partial charge is 0.226 e. The van der Waals surface area contributed by atoms with E-state index in [9.17, 15) is 18.0 Å². The van der Waals surface area contributed by atoms with Gasteiger partial charge in [0.2, 0.25) is 11.8 Å². The standard InChI is InChI=1S/C24H43N3O5S/c1-5-27(23-16(3)26-32-17(23)4)24(29)19-9-11-20(12-10-19)25-22(28)15-18-7-13-21(14-8-18)33(30,31)6-2/h16-21,23,26H,5-15H2,1-4H3,(H,25,28). The molecule has 3 unspecified atom stereocenters. The second-order valence-corrected chi connectivity index (χ2v) is 12.8. The fraction of sp³-hybridized carbons (Fsp3) is 0.917. The normalized spacial score (nSPS) is 35.2. The molecule has 0 bridgehead atoms. The molecule has 0 aromatic heterocycles. The second kappa shape index (κ2) is 11.5. The van der Waals surface area contributed by atoms with Gasteiger partial charge in [-0.3, -0.25) is 14.4 Å². The van der Waals surface area contributed by atoms with E-state index in [0.717, 1.165) is 38.5 Å². The Labute approximate surface area is 199 Å². The number of hydrogen-bond acceptors (Lipinski definition) is 6. The van der Waals surface area contributed by atoms with E-state index in [4.69, 9.17) is 4.84 Å². The van der Waals surface area contributed by atoms with Crippen molar-refractivity contribution in [1.29, 1.82) is 0 Å². The van der Waals surface area contributed by atoms with Crippen LogP contribution >= 0.6 is 0 Å². The van der Waals surface area contributed by atoms with Crippen LogP contribution in [0.15, 0.2) is 0 Å². The molecule has 2 saturated carbocycles. The lowest BCUT2D eigenvalue weighted by Crippen LogP contribution is -2.52. The first-order valence-corrected chi connectivity index (χ1v) is 14.6. The molecule has 3 rings (SSSR count). The van der Waals surface area contributed by atoms with Crippen molar-refractivity contribution >= 4 is 21.7 Å². The average molecular weight is 486 g/mol. The van der Waals surface area contributed by atoms with Gasteiger partial charge >= 0.3 is 0 Å². The third-order valence-corrected chi connectivity index (χ3v) is 10.3. The summed E-state index contributed by atoms with van der Waals surface area (Å²) in [6.45, 7) is 8.44. The number of likely N-dealkylation sites (N-methyl/N-ethyl adjacent to an activating group) is 1. The van der Waals surface area contributed by atoms with Crippen molar-refractivity contribution in [3.8, 4) is 0 Å². The van der Waals surface area contributed by atoms with E-state index in [1.54, 1.807) is 6.92 Å². The molecule has 0 aromatic carbocycles. The first-order valence-electron chi connectivity index (χ1n) is 12.9. The van der Waals surface area contributed by atoms with Gasteiger partial charge in [-0.2, -0.15) is 5.48 Å². The molecule has 3 aliphatic rings. The van der Waals surface area contributed by atoms with Crippen LogP contribution in [0.1, 0.15) is 85.5 Å². The number of hydroxylamine groups is 1. The average Bonchev–Trinajstić information content (AvgIpc) is 3.13. The predicted octanol–water partition coefficient (Wildman–Crippen LogP) is 2.57. The Bertz CT molecular complexity index is 763. The molecule has 1 heterocycles. The number of carbonyl (C=O) groups is 2. The Morgan fingerprint density at radius 1 is 1.00 bits per heavy atom. The van der Waals surface area contributed by atoms with Crippen molar-refractivity contribution in [3.05, 3.63) is 0 Å². The third-order valence-electron chi connectivity index (χ3n) is 8.04. The SMILES string of the molecule is CCN(C(=O)C1CCC(NC(=O)CC2CCC(S(=O)(=O)CC)CC2)CC1)C1C(C)NOC1C. The lowest BCUT2D eigenvalue weighted by molar-refractivity contribution is -0.140. The first-order chi connectivity index (χ1) is 15.7. The van der Waals surface area contributed by atoms with E-state index in [1.165, 1.54) is 0 Å². The van der Waals surface area contributed by atoms with E-state index in [0.29, 0.717) is 25.8 Å². The maximum Gasteiger partial charge on any atom is 0.226 e. The van der Waals surface area contributed by atoms with E-state index >= 15 is 0 Å². The molecule has 1 saturated heterocycles. The van der Waals surface area contributed by atoms with Crippen molar-refractivity contribution in [1.82, 2.24) is 15.7 Å². The van der Waals surface area contributed by atoms with Crippen LogP contribution in [0.25, 0.3) is 0 Å². The van der Waals surface area contributed by atoms with Crippen LogP contribution in [-0.4, -0.2) is 66.9 Å². The largest absolute Gasteiger partial charge is 0.353 e. The lowest BCUT2D eigenvalue weighted by Gasteiger charge is -2.36. The van der Waals surface area contributed by atoms with Gasteiger partial charge in [-0.15, -0.1) is 0 Å². The van der Waals surface area contributed by atoms with Crippen molar-refractivity contribution in [2.75, 3.05) is 12.3 Å². The minimum absolute atomic E-state index is 0.00824. The van der Waals surface area contributed by atoms with E-state index in [-0.39, 0.29) is 58.9 Å². The number of carbonyl (C=O) groups excluding carboxylic acids is 2. The van der Waals surface area contributed by atoms with Crippen molar-refractivity contribution in [2.45, 2.75) is 115 Å². The van der Waals surface area contributed by atoms with E-state index < -0.39 is 9.84 Å². The highest BCUT2D eigenvalue weighted by Crippen LogP contribution is 2.32. The Morgan fingerprint density at radius 3 is 2.15 bits per heavy atom. The zero-order valence-electron chi connectivity index (χ0n) is 20.7. The monoisotopic (exact) mass is 485 g/mol. The molecular formula is C24H43N3O5S. The topological polar surface area (TPSA) is 105 Å². The molecule has 2 amide bonds. The number of rotatable bonds is 8. The van der Waals surface area contributed by atoms with Gasteiger partial charge in [0.15, 0.2) is 9.84 Å². The molecule has 8 nitrogen and oxygen atoms in total. The summed E-state index contributed by atoms with van der Waals surface area (Å²) >= 11 is 0. The van der Waals surface area contributed by atoms with Gasteiger partial charge in [-0.05, 0) is 78.1 Å². The maximum absolute atomic E-state index is 13.2. The molecule has 2 N–H and O–H groups in total. The highest BCUT2D eigenvalue weighted by Gasteiger charge is 2.40. The highest BCUT2D eigenvalue weighted by atomic mass is 32.2. The van der Waals surface area contributed by atoms with Crippen molar-refractivity contribution < 1.29 is 22.8 Å². The summed E-state index contributed by atoms with van der Waals surface area (Å²) in [6.07, 6.45) is 6.65. The predicted molar refractivity (Wildman–Crippen MR) is 128 cm³/mol. The van der Waals surface area contributed by atoms with Crippen LogP contribution in [0, 0.1) is 11.8 Å². The molecule has 3 atom stereocenters. The first kappa shape index (κ1) is 26.4. The molecule has 3 fully saturated rings. The summed E-state index contributed by atoms with van der Waals surface area (Å²) in [5, 5.41) is 2.95. The highest BCUT2D eigenvalue weighted by molar-refractivity contribution is 7.92. The van der Waals surface area contributed by atoms with E-state index in [2.05, 4.69) is 10.8 Å². The van der Waals surface area contributed by atoms with Crippen LogP contribution in [0.5, 0.6) is 0 Å². The van der Waals surface area contributed by atoms with Crippen LogP contribution < -0.4 is 10.8 Å². The Morgan fingerprint density at radius 2 is 1.64 bits per heavy atom. The van der Waals surface area contributed by atoms with Gasteiger partial charge in [0.1, 0.15) is 0 Å². The molecule has 1 aliphatic heterocycles. The number of nitrogens with zero attached hydrogens (tertiary/aromatic N) is 1. The summed E-state index contributed by atoms with van der Waals surface area (Å²) in [5.74, 6) is 0.757. The van der Waals surface area contributed by atoms with Crippen molar-refractivity contribution in [2.24, 2.45) is 11.8 Å². The van der Waals surface area contributed by atoms with Gasteiger partial charge in [0.05, 0.1) is 23.4 Å². The van der Waals surface area contributed by atoms with Gasteiger partial charge in [-0.25, -0.2) is 8.42 Å². The van der Waals surface area contributed by atoms with Crippen LogP contribution in [0.4, 0.5) is 0 Å². The molecule has 2 aliphatic carbocycles. The van der Waals surface area contributed by atoms with Crippen LogP contribution in [0.3, 0.4) is 0 Å². The Hall–Kier alpha value is -1.19. The lowest BCUT2D eigenvalue weighted by atomic mass is 9.83. The fourth-order valence-corrected chi connectivity index (χ4v) is 7.46. The number of nitrogens with one attached hydrogen (secondary N) is 2. The summed E-state index contributed by atoms with van der Waals surface area (Å²) in [7, 11) is -2.97. The summed E-state index contributed by atoms with van der Waals surface area (Å²) < 4.78 is 24.1. The quantitative estimate of drug-likeness (QED) is 0.548. The zero-order valence-corrected chi connectivity index (χ0v) is 21.5. The van der Waals surface area contributed by atoms with Crippen LogP contribution in [0.2, 0.25) is 0 Å². The second-order valence-electron chi connectivity index (χ2n) is 10.3. The number of sulfone groups is 1. The molecule has 9 heteroatoms. The molecule has 0 spiro atoms. The van der Waals surface area contributed by atoms with E-state index in [1.807, 2.05) is 25.7 Å². The van der Waals surface area contributed by atoms with Gasteiger partial charge in [0.25, 0.3) is 0 Å². The van der Waals surface area contributed by atoms with Gasteiger partial charge in [-0.1, -0.05) is 6.92 Å². The molecule has 0 aromatic rings. The minimum atomic E-state index is -2.97. The fourth-order valence-electron chi connectivity index (χ4n) is 6.00. The Balaban J connectivity index is 1.41. The molecule has 33 heavy (non-hydrogen) atoms. The molecule has 190 valence electrons.